The van der Waals surface area contributed by atoms with Gasteiger partial charge in [-0.1, -0.05) is 83.9 Å². The van der Waals surface area contributed by atoms with Gasteiger partial charge < -0.3 is 5.11 Å². The molecule has 0 bridgehead atoms. The molecule has 0 aliphatic heterocycles. The SMILES string of the molecule is O=Cc1cc2cccc(Cl)c2nc1-c1ccccc1C(F)(F)F.OCc1cc2cccc(Cl)c2nc1-c1ccccc1C(F)(F)F. The molecule has 12 heteroatoms. The molecule has 0 amide bonds. The number of halogens is 8. The first kappa shape index (κ1) is 32.9. The van der Waals surface area contributed by atoms with E-state index in [1.54, 1.807) is 42.5 Å². The van der Waals surface area contributed by atoms with Crippen LogP contribution in [0, 0.1) is 0 Å². The van der Waals surface area contributed by atoms with Crippen LogP contribution in [0.4, 0.5) is 26.3 Å². The van der Waals surface area contributed by atoms with Crippen molar-refractivity contribution in [3.05, 3.63) is 129 Å². The molecule has 234 valence electrons. The van der Waals surface area contributed by atoms with Gasteiger partial charge in [-0.3, -0.25) is 4.79 Å². The molecular weight excluding hydrogens is 653 g/mol. The van der Waals surface area contributed by atoms with Crippen LogP contribution in [0.5, 0.6) is 0 Å². The van der Waals surface area contributed by atoms with Gasteiger partial charge in [0, 0.05) is 33.0 Å². The molecule has 0 radical (unpaired) electrons. The quantitative estimate of drug-likeness (QED) is 0.149. The molecule has 6 aromatic rings. The Bertz CT molecular complexity index is 2080. The number of fused-ring (bicyclic) bond motifs is 2. The second kappa shape index (κ2) is 13.1. The summed E-state index contributed by atoms with van der Waals surface area (Å²) >= 11 is 12.2. The summed E-state index contributed by atoms with van der Waals surface area (Å²) in [5.41, 5.74) is -0.669. The summed E-state index contributed by atoms with van der Waals surface area (Å²) < 4.78 is 79.4. The van der Waals surface area contributed by atoms with Gasteiger partial charge in [-0.05, 0) is 36.4 Å². The van der Waals surface area contributed by atoms with Crippen LogP contribution in [-0.2, 0) is 19.0 Å². The Morgan fingerprint density at radius 2 is 1.09 bits per heavy atom. The minimum Gasteiger partial charge on any atom is -0.392 e. The smallest absolute Gasteiger partial charge is 0.392 e. The Labute approximate surface area is 267 Å². The topological polar surface area (TPSA) is 63.1 Å². The largest absolute Gasteiger partial charge is 0.417 e. The normalized spacial score (nSPS) is 11.8. The first-order chi connectivity index (χ1) is 21.8. The second-order valence-corrected chi connectivity index (χ2v) is 10.7. The van der Waals surface area contributed by atoms with Crippen LogP contribution in [0.3, 0.4) is 0 Å². The first-order valence-electron chi connectivity index (χ1n) is 13.4. The standard InChI is InChI=1S/C17H11ClF3NO.C17H9ClF3NO/c2*18-14-7-3-4-10-8-11(9-23)15(22-16(10)14)12-5-1-2-6-13(12)17(19,20)21/h1-8,23H,9H2;1-9H. The fraction of sp³-hybridized carbons (Fsp3) is 0.0882. The van der Waals surface area contributed by atoms with Crippen molar-refractivity contribution in [3.8, 4) is 22.5 Å². The van der Waals surface area contributed by atoms with Gasteiger partial charge in [-0.15, -0.1) is 0 Å². The van der Waals surface area contributed by atoms with Gasteiger partial charge in [-0.25, -0.2) is 9.97 Å². The number of carbonyl (C=O) groups is 1. The molecule has 2 heterocycles. The molecule has 0 aliphatic carbocycles. The van der Waals surface area contributed by atoms with Crippen LogP contribution in [0.25, 0.3) is 44.3 Å². The summed E-state index contributed by atoms with van der Waals surface area (Å²) in [6, 6.07) is 23.3. The lowest BCUT2D eigenvalue weighted by atomic mass is 9.98. The van der Waals surface area contributed by atoms with E-state index in [9.17, 15) is 36.2 Å². The Hall–Kier alpha value is -4.51. The van der Waals surface area contributed by atoms with Crippen molar-refractivity contribution in [3.63, 3.8) is 0 Å². The molecule has 2 aromatic heterocycles. The third-order valence-electron chi connectivity index (χ3n) is 6.97. The number of alkyl halides is 6. The molecule has 46 heavy (non-hydrogen) atoms. The van der Waals surface area contributed by atoms with Gasteiger partial charge in [0.25, 0.3) is 0 Å². The van der Waals surface area contributed by atoms with Gasteiger partial charge in [0.2, 0.25) is 0 Å². The molecule has 0 saturated heterocycles. The van der Waals surface area contributed by atoms with Gasteiger partial charge in [0.15, 0.2) is 6.29 Å². The van der Waals surface area contributed by atoms with Crippen molar-refractivity contribution in [1.29, 1.82) is 0 Å². The highest BCUT2D eigenvalue weighted by Crippen LogP contribution is 2.40. The van der Waals surface area contributed by atoms with Crippen LogP contribution < -0.4 is 0 Å². The van der Waals surface area contributed by atoms with E-state index in [4.69, 9.17) is 23.2 Å². The monoisotopic (exact) mass is 672 g/mol. The van der Waals surface area contributed by atoms with E-state index in [2.05, 4.69) is 9.97 Å². The number of aldehydes is 1. The molecule has 6 rings (SSSR count). The van der Waals surface area contributed by atoms with E-state index >= 15 is 0 Å². The van der Waals surface area contributed by atoms with Crippen LogP contribution in [0.1, 0.15) is 27.0 Å². The number of benzene rings is 4. The number of nitrogens with zero attached hydrogens (tertiary/aromatic N) is 2. The van der Waals surface area contributed by atoms with E-state index in [1.165, 1.54) is 42.5 Å². The minimum atomic E-state index is -4.55. The van der Waals surface area contributed by atoms with Crippen molar-refractivity contribution in [2.75, 3.05) is 0 Å². The van der Waals surface area contributed by atoms with E-state index in [1.807, 2.05) is 0 Å². The zero-order valence-corrected chi connectivity index (χ0v) is 24.8. The summed E-state index contributed by atoms with van der Waals surface area (Å²) in [5.74, 6) is 0. The summed E-state index contributed by atoms with van der Waals surface area (Å²) in [6.45, 7) is -0.420. The molecule has 0 saturated carbocycles. The Morgan fingerprint density at radius 3 is 1.57 bits per heavy atom. The van der Waals surface area contributed by atoms with E-state index in [0.29, 0.717) is 43.7 Å². The molecule has 0 unspecified atom stereocenters. The average Bonchev–Trinajstić information content (AvgIpc) is 3.03. The van der Waals surface area contributed by atoms with Gasteiger partial charge in [0.05, 0.1) is 50.2 Å². The number of hydrogen-bond donors (Lipinski definition) is 1. The van der Waals surface area contributed by atoms with Crippen molar-refractivity contribution in [2.45, 2.75) is 19.0 Å². The minimum absolute atomic E-state index is 0.0338. The maximum atomic E-state index is 13.2. The Morgan fingerprint density at radius 1 is 0.630 bits per heavy atom. The number of para-hydroxylation sites is 2. The molecule has 4 nitrogen and oxygen atoms in total. The molecule has 0 atom stereocenters. The second-order valence-electron chi connectivity index (χ2n) is 9.91. The van der Waals surface area contributed by atoms with Crippen molar-refractivity contribution >= 4 is 51.3 Å². The maximum Gasteiger partial charge on any atom is 0.417 e. The lowest BCUT2D eigenvalue weighted by Gasteiger charge is -2.15. The van der Waals surface area contributed by atoms with Gasteiger partial charge in [0.1, 0.15) is 0 Å². The fourth-order valence-corrected chi connectivity index (χ4v) is 5.37. The third kappa shape index (κ3) is 6.69. The molecule has 0 aliphatic rings. The first-order valence-corrected chi connectivity index (χ1v) is 14.2. The highest BCUT2D eigenvalue weighted by atomic mass is 35.5. The van der Waals surface area contributed by atoms with Crippen LogP contribution in [0.15, 0.2) is 97.1 Å². The zero-order valence-electron chi connectivity index (χ0n) is 23.3. The van der Waals surface area contributed by atoms with Crippen LogP contribution in [-0.4, -0.2) is 21.4 Å². The summed E-state index contributed by atoms with van der Waals surface area (Å²) in [7, 11) is 0. The van der Waals surface area contributed by atoms with E-state index < -0.39 is 30.1 Å². The maximum absolute atomic E-state index is 13.2. The van der Waals surface area contributed by atoms with Crippen LogP contribution in [0.2, 0.25) is 10.0 Å². The Kier molecular flexibility index (Phi) is 9.34. The fourth-order valence-electron chi connectivity index (χ4n) is 4.92. The molecule has 4 aromatic carbocycles. The summed E-state index contributed by atoms with van der Waals surface area (Å²) in [4.78, 5) is 19.9. The summed E-state index contributed by atoms with van der Waals surface area (Å²) in [6.07, 6.45) is -8.57. The number of aliphatic hydroxyl groups is 1. The molecule has 0 fully saturated rings. The highest BCUT2D eigenvalue weighted by Gasteiger charge is 2.35. The molecule has 0 spiro atoms. The van der Waals surface area contributed by atoms with Crippen LogP contribution >= 0.6 is 23.2 Å². The predicted molar refractivity (Wildman–Crippen MR) is 166 cm³/mol. The van der Waals surface area contributed by atoms with E-state index in [-0.39, 0.29) is 28.1 Å². The van der Waals surface area contributed by atoms with Gasteiger partial charge >= 0.3 is 12.4 Å². The molecular formula is C34H20Cl2F6N2O2. The number of pyridine rings is 2. The zero-order chi connectivity index (χ0) is 33.2. The number of carbonyl (C=O) groups excluding carboxylic acids is 1. The predicted octanol–water partition coefficient (Wildman–Crippen LogP) is 10.5. The van der Waals surface area contributed by atoms with Gasteiger partial charge in [-0.2, -0.15) is 26.3 Å². The number of hydrogen-bond acceptors (Lipinski definition) is 4. The summed E-state index contributed by atoms with van der Waals surface area (Å²) in [5, 5.41) is 11.5. The third-order valence-corrected chi connectivity index (χ3v) is 7.58. The number of rotatable bonds is 4. The average molecular weight is 673 g/mol. The Balaban J connectivity index is 0.000000181. The van der Waals surface area contributed by atoms with Crippen molar-refractivity contribution in [2.24, 2.45) is 0 Å². The lowest BCUT2D eigenvalue weighted by molar-refractivity contribution is -0.137. The highest BCUT2D eigenvalue weighted by molar-refractivity contribution is 6.35. The van der Waals surface area contributed by atoms with Crippen molar-refractivity contribution < 1.29 is 36.2 Å². The lowest BCUT2D eigenvalue weighted by Crippen LogP contribution is -2.08. The number of aliphatic hydroxyl groups excluding tert-OH is 1. The number of aromatic nitrogens is 2. The van der Waals surface area contributed by atoms with Crippen molar-refractivity contribution in [1.82, 2.24) is 9.97 Å². The van der Waals surface area contributed by atoms with E-state index in [0.717, 1.165) is 12.1 Å². The molecule has 1 N–H and O–H groups in total.